The summed E-state index contributed by atoms with van der Waals surface area (Å²) in [6.07, 6.45) is 5.51. The Morgan fingerprint density at radius 3 is 2.39 bits per heavy atom. The van der Waals surface area contributed by atoms with Crippen molar-refractivity contribution in [2.24, 2.45) is 0 Å². The van der Waals surface area contributed by atoms with Crippen LogP contribution in [0.4, 0.5) is 8.78 Å². The van der Waals surface area contributed by atoms with Crippen LogP contribution in [0, 0.1) is 0 Å². The van der Waals surface area contributed by atoms with Crippen molar-refractivity contribution < 1.29 is 18.3 Å². The number of nitrogens with one attached hydrogen (secondary N) is 1. The Hall–Kier alpha value is -1.69. The number of benzene rings is 1. The molecule has 128 valence electrons. The minimum absolute atomic E-state index is 0.0459. The van der Waals surface area contributed by atoms with Crippen LogP contribution in [0.15, 0.2) is 24.3 Å². The van der Waals surface area contributed by atoms with E-state index in [1.165, 1.54) is 37.8 Å². The van der Waals surface area contributed by atoms with Gasteiger partial charge in [0, 0.05) is 6.54 Å². The van der Waals surface area contributed by atoms with E-state index >= 15 is 0 Å². The topological polar surface area (TPSA) is 41.6 Å². The first-order valence-electron chi connectivity index (χ1n) is 8.16. The molecule has 23 heavy (non-hydrogen) atoms. The lowest BCUT2D eigenvalue weighted by Crippen LogP contribution is -2.38. The first kappa shape index (κ1) is 17.7. The Morgan fingerprint density at radius 1 is 1.13 bits per heavy atom. The van der Waals surface area contributed by atoms with E-state index in [9.17, 15) is 13.6 Å². The van der Waals surface area contributed by atoms with Gasteiger partial charge in [0.2, 0.25) is 5.91 Å². The van der Waals surface area contributed by atoms with Gasteiger partial charge in [0.1, 0.15) is 5.75 Å². The average molecular weight is 326 g/mol. The maximum Gasteiger partial charge on any atom is 0.387 e. The van der Waals surface area contributed by atoms with Crippen molar-refractivity contribution in [3.05, 3.63) is 29.8 Å². The number of amides is 1. The molecule has 0 unspecified atom stereocenters. The lowest BCUT2D eigenvalue weighted by molar-refractivity contribution is -0.122. The van der Waals surface area contributed by atoms with Gasteiger partial charge in [0.25, 0.3) is 0 Å². The molecule has 0 spiro atoms. The first-order valence-corrected chi connectivity index (χ1v) is 8.16. The Labute approximate surface area is 135 Å². The molecule has 0 bridgehead atoms. The molecule has 1 N–H and O–H groups in total. The van der Waals surface area contributed by atoms with Gasteiger partial charge in [-0.05, 0) is 50.0 Å². The molecular weight excluding hydrogens is 302 g/mol. The third-order valence-corrected chi connectivity index (χ3v) is 3.95. The highest BCUT2D eigenvalue weighted by Gasteiger charge is 2.12. The van der Waals surface area contributed by atoms with Gasteiger partial charge < -0.3 is 10.1 Å². The molecule has 1 saturated heterocycles. The van der Waals surface area contributed by atoms with Crippen molar-refractivity contribution in [2.75, 3.05) is 26.2 Å². The van der Waals surface area contributed by atoms with E-state index in [1.807, 2.05) is 0 Å². The molecule has 1 heterocycles. The molecule has 0 aromatic heterocycles. The van der Waals surface area contributed by atoms with Crippen molar-refractivity contribution in [3.8, 4) is 5.75 Å². The van der Waals surface area contributed by atoms with Crippen molar-refractivity contribution in [1.29, 1.82) is 0 Å². The summed E-state index contributed by atoms with van der Waals surface area (Å²) in [4.78, 5) is 14.1. The molecule has 1 aromatic rings. The molecule has 1 aliphatic rings. The van der Waals surface area contributed by atoms with Crippen LogP contribution in [-0.4, -0.2) is 43.6 Å². The predicted molar refractivity (Wildman–Crippen MR) is 84.7 cm³/mol. The molecule has 0 radical (unpaired) electrons. The Kier molecular flexibility index (Phi) is 7.26. The molecule has 6 heteroatoms. The molecular formula is C17H24F2N2O2. The fourth-order valence-electron chi connectivity index (χ4n) is 2.74. The molecule has 1 fully saturated rings. The number of hydrogen-bond donors (Lipinski definition) is 1. The fourth-order valence-corrected chi connectivity index (χ4v) is 2.74. The number of rotatable bonds is 7. The van der Waals surface area contributed by atoms with Gasteiger partial charge in [0.05, 0.1) is 6.54 Å². The predicted octanol–water partition coefficient (Wildman–Crippen LogP) is 2.82. The van der Waals surface area contributed by atoms with Crippen LogP contribution < -0.4 is 10.1 Å². The standard InChI is InChI=1S/C17H24F2N2O2/c18-17(19)23-15-7-5-14(6-8-15)9-10-20-16(22)13-21-11-3-1-2-4-12-21/h5-8,17H,1-4,9-13H2,(H,20,22). The summed E-state index contributed by atoms with van der Waals surface area (Å²) in [5.74, 6) is 0.193. The summed E-state index contributed by atoms with van der Waals surface area (Å²) in [7, 11) is 0. The van der Waals surface area contributed by atoms with Crippen molar-refractivity contribution >= 4 is 5.91 Å². The minimum Gasteiger partial charge on any atom is -0.435 e. The third kappa shape index (κ3) is 6.95. The fraction of sp³-hybridized carbons (Fsp3) is 0.588. The molecule has 1 amide bonds. The molecule has 1 aromatic carbocycles. The third-order valence-electron chi connectivity index (χ3n) is 3.95. The Bertz CT molecular complexity index is 472. The van der Waals surface area contributed by atoms with Gasteiger partial charge in [-0.3, -0.25) is 9.69 Å². The van der Waals surface area contributed by atoms with Gasteiger partial charge in [-0.15, -0.1) is 0 Å². The van der Waals surface area contributed by atoms with Crippen LogP contribution >= 0.6 is 0 Å². The van der Waals surface area contributed by atoms with Crippen LogP contribution in [0.25, 0.3) is 0 Å². The van der Waals surface area contributed by atoms with Gasteiger partial charge >= 0.3 is 6.61 Å². The number of carbonyl (C=O) groups is 1. The zero-order chi connectivity index (χ0) is 16.5. The molecule has 1 aliphatic heterocycles. The quantitative estimate of drug-likeness (QED) is 0.838. The lowest BCUT2D eigenvalue weighted by atomic mass is 10.1. The highest BCUT2D eigenvalue weighted by molar-refractivity contribution is 5.78. The largest absolute Gasteiger partial charge is 0.435 e. The number of hydrogen-bond acceptors (Lipinski definition) is 3. The van der Waals surface area contributed by atoms with E-state index in [-0.39, 0.29) is 11.7 Å². The highest BCUT2D eigenvalue weighted by atomic mass is 19.3. The van der Waals surface area contributed by atoms with E-state index in [0.717, 1.165) is 18.7 Å². The SMILES string of the molecule is O=C(CN1CCCCCC1)NCCc1ccc(OC(F)F)cc1. The second-order valence-corrected chi connectivity index (χ2v) is 5.81. The second kappa shape index (κ2) is 9.45. The van der Waals surface area contributed by atoms with Crippen LogP contribution in [0.2, 0.25) is 0 Å². The monoisotopic (exact) mass is 326 g/mol. The van der Waals surface area contributed by atoms with E-state index in [1.54, 1.807) is 12.1 Å². The van der Waals surface area contributed by atoms with E-state index in [0.29, 0.717) is 19.5 Å². The van der Waals surface area contributed by atoms with Crippen molar-refractivity contribution in [3.63, 3.8) is 0 Å². The molecule has 2 rings (SSSR count). The van der Waals surface area contributed by atoms with Crippen molar-refractivity contribution in [1.82, 2.24) is 10.2 Å². The number of nitrogens with zero attached hydrogens (tertiary/aromatic N) is 1. The first-order chi connectivity index (χ1) is 11.1. The van der Waals surface area contributed by atoms with Gasteiger partial charge in [-0.25, -0.2) is 0 Å². The smallest absolute Gasteiger partial charge is 0.387 e. The highest BCUT2D eigenvalue weighted by Crippen LogP contribution is 2.15. The maximum absolute atomic E-state index is 12.1. The number of likely N-dealkylation sites (tertiary alicyclic amines) is 1. The number of alkyl halides is 2. The number of ether oxygens (including phenoxy) is 1. The number of halogens is 2. The van der Waals surface area contributed by atoms with E-state index in [2.05, 4.69) is 15.0 Å². The zero-order valence-corrected chi connectivity index (χ0v) is 13.3. The average Bonchev–Trinajstić information content (AvgIpc) is 2.77. The summed E-state index contributed by atoms with van der Waals surface area (Å²) in [6.45, 7) is 0.195. The van der Waals surface area contributed by atoms with Gasteiger partial charge in [-0.2, -0.15) is 8.78 Å². The summed E-state index contributed by atoms with van der Waals surface area (Å²) < 4.78 is 28.4. The summed E-state index contributed by atoms with van der Waals surface area (Å²) in [6, 6.07) is 6.50. The van der Waals surface area contributed by atoms with E-state index in [4.69, 9.17) is 0 Å². The van der Waals surface area contributed by atoms with Crippen molar-refractivity contribution in [2.45, 2.75) is 38.7 Å². The van der Waals surface area contributed by atoms with Gasteiger partial charge in [0.15, 0.2) is 0 Å². The normalized spacial score (nSPS) is 16.1. The molecule has 0 atom stereocenters. The van der Waals surface area contributed by atoms with Gasteiger partial charge in [-0.1, -0.05) is 25.0 Å². The van der Waals surface area contributed by atoms with Crippen LogP contribution in [0.1, 0.15) is 31.2 Å². The molecule has 0 saturated carbocycles. The lowest BCUT2D eigenvalue weighted by Gasteiger charge is -2.18. The van der Waals surface area contributed by atoms with Crippen LogP contribution in [-0.2, 0) is 11.2 Å². The summed E-state index contributed by atoms with van der Waals surface area (Å²) in [5.41, 5.74) is 0.974. The minimum atomic E-state index is -2.81. The zero-order valence-electron chi connectivity index (χ0n) is 13.3. The van der Waals surface area contributed by atoms with E-state index < -0.39 is 6.61 Å². The summed E-state index contributed by atoms with van der Waals surface area (Å²) >= 11 is 0. The summed E-state index contributed by atoms with van der Waals surface area (Å²) in [5, 5.41) is 2.91. The van der Waals surface area contributed by atoms with Crippen LogP contribution in [0.3, 0.4) is 0 Å². The molecule has 4 nitrogen and oxygen atoms in total. The van der Waals surface area contributed by atoms with Crippen LogP contribution in [0.5, 0.6) is 5.75 Å². The Morgan fingerprint density at radius 2 is 1.78 bits per heavy atom. The Balaban J connectivity index is 1.66. The number of carbonyl (C=O) groups excluding carboxylic acids is 1. The molecule has 0 aliphatic carbocycles. The second-order valence-electron chi connectivity index (χ2n) is 5.81. The maximum atomic E-state index is 12.1.